The summed E-state index contributed by atoms with van der Waals surface area (Å²) in [4.78, 5) is 30.6. The Morgan fingerprint density at radius 3 is 2.39 bits per heavy atom. The third kappa shape index (κ3) is 3.28. The van der Waals surface area contributed by atoms with E-state index in [4.69, 9.17) is 0 Å². The Bertz CT molecular complexity index is 427. The molecule has 1 N–H and O–H groups in total. The second kappa shape index (κ2) is 6.13. The van der Waals surface area contributed by atoms with Crippen LogP contribution in [0.3, 0.4) is 0 Å². The van der Waals surface area contributed by atoms with Crippen molar-refractivity contribution in [1.82, 2.24) is 25.0 Å². The molecule has 2 amide bonds. The van der Waals surface area contributed by atoms with Gasteiger partial charge in [-0.15, -0.1) is 5.10 Å². The number of carbonyl (C=O) groups excluding carboxylic acids is 2. The summed E-state index contributed by atoms with van der Waals surface area (Å²) in [5.74, 6) is 0.314. The van der Waals surface area contributed by atoms with Crippen LogP contribution in [0.2, 0.25) is 0 Å². The number of nitrogens with zero attached hydrogens (tertiary/aromatic N) is 4. The third-order valence-electron chi connectivity index (χ3n) is 2.55. The number of nitrogens with one attached hydrogen (secondary N) is 1. The molecule has 0 fully saturated rings. The van der Waals surface area contributed by atoms with Crippen molar-refractivity contribution in [3.63, 3.8) is 0 Å². The van der Waals surface area contributed by atoms with Gasteiger partial charge in [-0.1, -0.05) is 6.92 Å². The molecular formula is C11H19N5O2. The second-order valence-corrected chi connectivity index (χ2v) is 4.07. The molecule has 0 aliphatic carbocycles. The number of aromatic nitrogens is 3. The SMILES string of the molecule is CCc1nc(C(=O)N(CC)CC(=O)N(C)C)n[nH]1. The standard InChI is InChI=1S/C11H19N5O2/c1-5-8-12-10(14-13-8)11(18)16(6-2)7-9(17)15(3)4/h5-7H2,1-4H3,(H,12,13,14). The first-order valence-electron chi connectivity index (χ1n) is 5.90. The van der Waals surface area contributed by atoms with Crippen LogP contribution in [0.5, 0.6) is 0 Å². The summed E-state index contributed by atoms with van der Waals surface area (Å²) in [6.45, 7) is 4.21. The first-order valence-corrected chi connectivity index (χ1v) is 5.90. The van der Waals surface area contributed by atoms with Gasteiger partial charge < -0.3 is 9.80 Å². The molecule has 0 aliphatic heterocycles. The van der Waals surface area contributed by atoms with Gasteiger partial charge in [-0.25, -0.2) is 4.98 Å². The summed E-state index contributed by atoms with van der Waals surface area (Å²) < 4.78 is 0. The van der Waals surface area contributed by atoms with Crippen LogP contribution in [0.4, 0.5) is 0 Å². The van der Waals surface area contributed by atoms with E-state index in [9.17, 15) is 9.59 Å². The lowest BCUT2D eigenvalue weighted by molar-refractivity contribution is -0.129. The van der Waals surface area contributed by atoms with Gasteiger partial charge in [0.2, 0.25) is 11.7 Å². The Morgan fingerprint density at radius 2 is 1.94 bits per heavy atom. The van der Waals surface area contributed by atoms with Crippen molar-refractivity contribution in [2.45, 2.75) is 20.3 Å². The van der Waals surface area contributed by atoms with E-state index in [2.05, 4.69) is 15.2 Å². The number of H-pyrrole nitrogens is 1. The molecule has 0 unspecified atom stereocenters. The molecule has 0 atom stereocenters. The smallest absolute Gasteiger partial charge is 0.293 e. The average molecular weight is 253 g/mol. The number of carbonyl (C=O) groups is 2. The summed E-state index contributed by atoms with van der Waals surface area (Å²) >= 11 is 0. The van der Waals surface area contributed by atoms with E-state index in [1.165, 1.54) is 9.80 Å². The van der Waals surface area contributed by atoms with Crippen molar-refractivity contribution in [2.75, 3.05) is 27.2 Å². The van der Waals surface area contributed by atoms with E-state index >= 15 is 0 Å². The molecule has 1 aromatic rings. The first-order chi connectivity index (χ1) is 8.49. The zero-order chi connectivity index (χ0) is 13.7. The molecule has 18 heavy (non-hydrogen) atoms. The van der Waals surface area contributed by atoms with E-state index in [1.807, 2.05) is 13.8 Å². The molecule has 0 bridgehead atoms. The third-order valence-corrected chi connectivity index (χ3v) is 2.55. The predicted octanol–water partition coefficient (Wildman–Crippen LogP) is -0.0826. The normalized spacial score (nSPS) is 10.2. The van der Waals surface area contributed by atoms with Crippen LogP contribution in [0.15, 0.2) is 0 Å². The predicted molar refractivity (Wildman–Crippen MR) is 66.0 cm³/mol. The lowest BCUT2D eigenvalue weighted by Crippen LogP contribution is -2.40. The van der Waals surface area contributed by atoms with Crippen LogP contribution in [0, 0.1) is 0 Å². The van der Waals surface area contributed by atoms with Crippen molar-refractivity contribution < 1.29 is 9.59 Å². The largest absolute Gasteiger partial charge is 0.347 e. The number of aryl methyl sites for hydroxylation is 1. The lowest BCUT2D eigenvalue weighted by atomic mass is 10.4. The second-order valence-electron chi connectivity index (χ2n) is 4.07. The Kier molecular flexibility index (Phi) is 4.82. The highest BCUT2D eigenvalue weighted by Gasteiger charge is 2.21. The summed E-state index contributed by atoms with van der Waals surface area (Å²) in [5, 5.41) is 6.54. The summed E-state index contributed by atoms with van der Waals surface area (Å²) in [7, 11) is 3.31. The van der Waals surface area contributed by atoms with Gasteiger partial charge in [0.15, 0.2) is 0 Å². The fourth-order valence-corrected chi connectivity index (χ4v) is 1.32. The molecular weight excluding hydrogens is 234 g/mol. The van der Waals surface area contributed by atoms with Crippen molar-refractivity contribution in [3.8, 4) is 0 Å². The lowest BCUT2D eigenvalue weighted by Gasteiger charge is -2.20. The number of aromatic amines is 1. The molecule has 1 aromatic heterocycles. The number of rotatable bonds is 5. The fraction of sp³-hybridized carbons (Fsp3) is 0.636. The number of hydrogen-bond acceptors (Lipinski definition) is 4. The van der Waals surface area contributed by atoms with E-state index in [1.54, 1.807) is 14.1 Å². The van der Waals surface area contributed by atoms with Gasteiger partial charge >= 0.3 is 0 Å². The van der Waals surface area contributed by atoms with Gasteiger partial charge in [0.05, 0.1) is 0 Å². The van der Waals surface area contributed by atoms with Crippen molar-refractivity contribution >= 4 is 11.8 Å². The minimum Gasteiger partial charge on any atom is -0.347 e. The quantitative estimate of drug-likeness (QED) is 0.795. The molecule has 0 aromatic carbocycles. The van der Waals surface area contributed by atoms with Crippen LogP contribution in [0.1, 0.15) is 30.3 Å². The van der Waals surface area contributed by atoms with Crippen molar-refractivity contribution in [2.24, 2.45) is 0 Å². The van der Waals surface area contributed by atoms with Gasteiger partial charge in [0, 0.05) is 27.1 Å². The molecule has 0 radical (unpaired) electrons. The van der Waals surface area contributed by atoms with E-state index in [-0.39, 0.29) is 24.2 Å². The van der Waals surface area contributed by atoms with E-state index in [0.717, 1.165) is 0 Å². The number of amides is 2. The van der Waals surface area contributed by atoms with E-state index in [0.29, 0.717) is 18.8 Å². The van der Waals surface area contributed by atoms with Crippen LogP contribution in [-0.2, 0) is 11.2 Å². The Morgan fingerprint density at radius 1 is 1.28 bits per heavy atom. The molecule has 0 aliphatic rings. The highest BCUT2D eigenvalue weighted by atomic mass is 16.2. The first kappa shape index (κ1) is 14.1. The summed E-state index contributed by atoms with van der Waals surface area (Å²) in [5.41, 5.74) is 0. The molecule has 7 nitrogen and oxygen atoms in total. The van der Waals surface area contributed by atoms with Crippen LogP contribution in [0.25, 0.3) is 0 Å². The van der Waals surface area contributed by atoms with Gasteiger partial charge in [0.25, 0.3) is 5.91 Å². The minimum absolute atomic E-state index is 0.0400. The summed E-state index contributed by atoms with van der Waals surface area (Å²) in [6.07, 6.45) is 0.684. The Labute approximate surface area is 106 Å². The molecule has 1 heterocycles. The molecule has 7 heteroatoms. The Hall–Kier alpha value is -1.92. The van der Waals surface area contributed by atoms with Crippen LogP contribution < -0.4 is 0 Å². The van der Waals surface area contributed by atoms with Crippen LogP contribution in [-0.4, -0.2) is 64.0 Å². The number of likely N-dealkylation sites (N-methyl/N-ethyl adjacent to an activating group) is 2. The molecule has 0 saturated heterocycles. The van der Waals surface area contributed by atoms with Gasteiger partial charge in [0.1, 0.15) is 12.4 Å². The Balaban J connectivity index is 2.76. The fourth-order valence-electron chi connectivity index (χ4n) is 1.32. The highest BCUT2D eigenvalue weighted by Crippen LogP contribution is 2.01. The maximum Gasteiger partial charge on any atom is 0.293 e. The van der Waals surface area contributed by atoms with Gasteiger partial charge in [-0.3, -0.25) is 14.7 Å². The zero-order valence-corrected chi connectivity index (χ0v) is 11.2. The van der Waals surface area contributed by atoms with Crippen molar-refractivity contribution in [1.29, 1.82) is 0 Å². The maximum atomic E-state index is 12.1. The monoisotopic (exact) mass is 253 g/mol. The van der Waals surface area contributed by atoms with E-state index < -0.39 is 0 Å². The highest BCUT2D eigenvalue weighted by molar-refractivity contribution is 5.93. The van der Waals surface area contributed by atoms with Crippen molar-refractivity contribution in [3.05, 3.63) is 11.6 Å². The zero-order valence-electron chi connectivity index (χ0n) is 11.2. The average Bonchev–Trinajstić information content (AvgIpc) is 2.83. The molecule has 1 rings (SSSR count). The van der Waals surface area contributed by atoms with Gasteiger partial charge in [-0.2, -0.15) is 0 Å². The van der Waals surface area contributed by atoms with Gasteiger partial charge in [-0.05, 0) is 6.92 Å². The maximum absolute atomic E-state index is 12.1. The molecule has 100 valence electrons. The topological polar surface area (TPSA) is 82.2 Å². The molecule has 0 saturated carbocycles. The number of hydrogen-bond donors (Lipinski definition) is 1. The minimum atomic E-state index is -0.330. The van der Waals surface area contributed by atoms with Crippen LogP contribution >= 0.6 is 0 Å². The summed E-state index contributed by atoms with van der Waals surface area (Å²) in [6, 6.07) is 0. The molecule has 0 spiro atoms.